The number of aliphatic carboxylic acids is 1. The number of nitrogens with two attached hydrogens (primary N) is 1. The number of pyridine rings is 1. The molecule has 1 aliphatic rings. The number of aromatic nitrogens is 5. The first-order chi connectivity index (χ1) is 13.6. The van der Waals surface area contributed by atoms with Gasteiger partial charge < -0.3 is 15.4 Å². The summed E-state index contributed by atoms with van der Waals surface area (Å²) < 4.78 is 2.02. The Morgan fingerprint density at radius 2 is 2.14 bits per heavy atom. The van der Waals surface area contributed by atoms with E-state index in [2.05, 4.69) is 20.2 Å². The lowest BCUT2D eigenvalue weighted by Crippen LogP contribution is -2.18. The van der Waals surface area contributed by atoms with Crippen LogP contribution in [0.5, 0.6) is 0 Å². The van der Waals surface area contributed by atoms with E-state index in [4.69, 9.17) is 5.73 Å². The molecule has 9 heteroatoms. The Morgan fingerprint density at radius 3 is 2.79 bits per heavy atom. The molecule has 1 fully saturated rings. The van der Waals surface area contributed by atoms with Crippen molar-refractivity contribution in [2.75, 3.05) is 5.73 Å². The molecule has 146 valence electrons. The van der Waals surface area contributed by atoms with Gasteiger partial charge in [0, 0.05) is 12.4 Å². The Labute approximate surface area is 166 Å². The zero-order valence-corrected chi connectivity index (χ0v) is 16.1. The number of carbonyl (C=O) groups is 1. The molecule has 0 amide bonds. The van der Waals surface area contributed by atoms with Crippen LogP contribution < -0.4 is 5.73 Å². The van der Waals surface area contributed by atoms with Crippen LogP contribution in [-0.2, 0) is 11.2 Å². The van der Waals surface area contributed by atoms with Gasteiger partial charge >= 0.3 is 5.97 Å². The summed E-state index contributed by atoms with van der Waals surface area (Å²) in [6.07, 6.45) is 10.2. The third-order valence-corrected chi connectivity index (χ3v) is 6.13. The van der Waals surface area contributed by atoms with Gasteiger partial charge in [0.15, 0.2) is 0 Å². The van der Waals surface area contributed by atoms with Gasteiger partial charge in [-0.25, -0.2) is 9.97 Å². The molecule has 0 aliphatic heterocycles. The van der Waals surface area contributed by atoms with Gasteiger partial charge in [0.1, 0.15) is 22.3 Å². The summed E-state index contributed by atoms with van der Waals surface area (Å²) in [5.41, 5.74) is 8.71. The monoisotopic (exact) mass is 398 g/mol. The molecule has 0 radical (unpaired) electrons. The third-order valence-electron chi connectivity index (χ3n) is 5.36. The molecule has 0 bridgehead atoms. The number of rotatable bonds is 7. The number of imidazole rings is 1. The van der Waals surface area contributed by atoms with Crippen LogP contribution in [0.1, 0.15) is 53.9 Å². The Kier molecular flexibility index (Phi) is 5.34. The molecule has 2 unspecified atom stereocenters. The van der Waals surface area contributed by atoms with Gasteiger partial charge in [-0.2, -0.15) is 0 Å². The average Bonchev–Trinajstić information content (AvgIpc) is 3.45. The van der Waals surface area contributed by atoms with Gasteiger partial charge in [-0.3, -0.25) is 4.79 Å². The zero-order valence-electron chi connectivity index (χ0n) is 15.3. The van der Waals surface area contributed by atoms with E-state index in [9.17, 15) is 9.90 Å². The van der Waals surface area contributed by atoms with Crippen molar-refractivity contribution in [3.05, 3.63) is 52.6 Å². The summed E-state index contributed by atoms with van der Waals surface area (Å²) >= 11 is 1.53. The predicted molar refractivity (Wildman–Crippen MR) is 105 cm³/mol. The van der Waals surface area contributed by atoms with Crippen molar-refractivity contribution in [2.24, 2.45) is 5.92 Å². The molecule has 8 nitrogen and oxygen atoms in total. The second-order valence-corrected chi connectivity index (χ2v) is 8.06. The normalized spacial score (nSPS) is 16.9. The van der Waals surface area contributed by atoms with Crippen molar-refractivity contribution < 1.29 is 9.90 Å². The number of carboxylic acid groups (broad SMARTS) is 1. The molecule has 3 N–H and O–H groups in total. The van der Waals surface area contributed by atoms with Crippen molar-refractivity contribution in [3.8, 4) is 0 Å². The molecule has 3 heterocycles. The maximum Gasteiger partial charge on any atom is 0.312 e. The number of nitrogens with zero attached hydrogens (tertiary/aromatic N) is 5. The Balaban J connectivity index is 1.61. The van der Waals surface area contributed by atoms with Crippen molar-refractivity contribution in [3.63, 3.8) is 0 Å². The van der Waals surface area contributed by atoms with E-state index in [1.165, 1.54) is 24.2 Å². The van der Waals surface area contributed by atoms with Gasteiger partial charge in [0.2, 0.25) is 0 Å². The highest BCUT2D eigenvalue weighted by Gasteiger charge is 2.31. The number of hydrogen-bond donors (Lipinski definition) is 2. The van der Waals surface area contributed by atoms with Gasteiger partial charge in [0.05, 0.1) is 18.1 Å². The van der Waals surface area contributed by atoms with Gasteiger partial charge in [-0.05, 0) is 36.8 Å². The highest BCUT2D eigenvalue weighted by Crippen LogP contribution is 2.39. The summed E-state index contributed by atoms with van der Waals surface area (Å²) in [6.45, 7) is 0. The van der Waals surface area contributed by atoms with E-state index in [0.29, 0.717) is 23.9 Å². The first kappa shape index (κ1) is 18.5. The minimum absolute atomic E-state index is 0.0592. The van der Waals surface area contributed by atoms with E-state index < -0.39 is 11.9 Å². The van der Waals surface area contributed by atoms with Crippen LogP contribution in [0.15, 0.2) is 36.4 Å². The molecular weight excluding hydrogens is 376 g/mol. The van der Waals surface area contributed by atoms with Gasteiger partial charge in [-0.1, -0.05) is 18.9 Å². The molecule has 0 saturated heterocycles. The lowest BCUT2D eigenvalue weighted by atomic mass is 9.97. The van der Waals surface area contributed by atoms with Crippen LogP contribution in [0, 0.1) is 5.92 Å². The Bertz CT molecular complexity index is 918. The number of hydrogen-bond acceptors (Lipinski definition) is 7. The van der Waals surface area contributed by atoms with Crippen molar-refractivity contribution in [2.45, 2.75) is 44.1 Å². The van der Waals surface area contributed by atoms with Gasteiger partial charge in [-0.15, -0.1) is 21.5 Å². The molecule has 1 aliphatic carbocycles. The molecule has 0 aromatic carbocycles. The number of anilines is 1. The predicted octanol–water partition coefficient (Wildman–Crippen LogP) is 2.90. The zero-order chi connectivity index (χ0) is 19.5. The first-order valence-electron chi connectivity index (χ1n) is 9.34. The Hall–Kier alpha value is -2.81. The summed E-state index contributed by atoms with van der Waals surface area (Å²) in [7, 11) is 0. The molecule has 3 aromatic heterocycles. The summed E-state index contributed by atoms with van der Waals surface area (Å²) in [5.74, 6) is -0.767. The maximum atomic E-state index is 11.9. The molecule has 4 rings (SSSR count). The highest BCUT2D eigenvalue weighted by molar-refractivity contribution is 7.09. The largest absolute Gasteiger partial charge is 0.481 e. The van der Waals surface area contributed by atoms with Crippen LogP contribution in [0.4, 0.5) is 5.82 Å². The van der Waals surface area contributed by atoms with Crippen LogP contribution in [-0.4, -0.2) is 35.8 Å². The molecule has 3 aromatic rings. The second-order valence-electron chi connectivity index (χ2n) is 7.20. The highest BCUT2D eigenvalue weighted by atomic mass is 32.1. The molecule has 0 spiro atoms. The average molecular weight is 398 g/mol. The van der Waals surface area contributed by atoms with E-state index in [-0.39, 0.29) is 6.04 Å². The van der Waals surface area contributed by atoms with E-state index >= 15 is 0 Å². The van der Waals surface area contributed by atoms with Crippen molar-refractivity contribution in [1.29, 1.82) is 0 Å². The van der Waals surface area contributed by atoms with Crippen LogP contribution in [0.25, 0.3) is 0 Å². The molecule has 1 saturated carbocycles. The minimum atomic E-state index is -0.907. The lowest BCUT2D eigenvalue weighted by Gasteiger charge is -2.22. The standard InChI is InChI=1S/C19H22N6O2S/c20-16-6-5-12(8-21-16)7-14(19(26)27)15-9-25(10-22-15)17(13-3-1-2-4-13)18-24-23-11-28-18/h5-6,8-11,13-14,17H,1-4,7H2,(H2,20,21)(H,26,27). The van der Waals surface area contributed by atoms with Crippen LogP contribution in [0.3, 0.4) is 0 Å². The quantitative estimate of drug-likeness (QED) is 0.628. The van der Waals surface area contributed by atoms with Crippen LogP contribution in [0.2, 0.25) is 0 Å². The fraction of sp³-hybridized carbons (Fsp3) is 0.421. The van der Waals surface area contributed by atoms with E-state index in [1.807, 2.05) is 10.8 Å². The van der Waals surface area contributed by atoms with Crippen molar-refractivity contribution in [1.82, 2.24) is 24.7 Å². The Morgan fingerprint density at radius 1 is 1.32 bits per heavy atom. The molecule has 2 atom stereocenters. The fourth-order valence-corrected chi connectivity index (χ4v) is 4.70. The van der Waals surface area contributed by atoms with E-state index in [0.717, 1.165) is 23.4 Å². The van der Waals surface area contributed by atoms with E-state index in [1.54, 1.807) is 30.2 Å². The second kappa shape index (κ2) is 8.05. The number of nitrogen functional groups attached to an aromatic ring is 1. The third kappa shape index (κ3) is 3.89. The smallest absolute Gasteiger partial charge is 0.312 e. The SMILES string of the molecule is Nc1ccc(CC(C(=O)O)c2cn(C(c3nncs3)C3CCCC3)cn2)cn1. The summed E-state index contributed by atoms with van der Waals surface area (Å²) in [6, 6.07) is 3.54. The number of carboxylic acids is 1. The fourth-order valence-electron chi connectivity index (χ4n) is 3.95. The van der Waals surface area contributed by atoms with Crippen LogP contribution >= 0.6 is 11.3 Å². The maximum absolute atomic E-state index is 11.9. The molecule has 28 heavy (non-hydrogen) atoms. The topological polar surface area (TPSA) is 120 Å². The first-order valence-corrected chi connectivity index (χ1v) is 10.2. The summed E-state index contributed by atoms with van der Waals surface area (Å²) in [5, 5.41) is 19.0. The molecular formula is C19H22N6O2S. The summed E-state index contributed by atoms with van der Waals surface area (Å²) in [4.78, 5) is 20.4. The lowest BCUT2D eigenvalue weighted by molar-refractivity contribution is -0.138. The van der Waals surface area contributed by atoms with Crippen molar-refractivity contribution >= 4 is 23.1 Å². The minimum Gasteiger partial charge on any atom is -0.481 e. The van der Waals surface area contributed by atoms with Gasteiger partial charge in [0.25, 0.3) is 0 Å².